The number of rotatable bonds is 5. The number of ether oxygens (including phenoxy) is 1. The van der Waals surface area contributed by atoms with Gasteiger partial charge in [0.05, 0.1) is 6.61 Å². The number of benzene rings is 1. The highest BCUT2D eigenvalue weighted by atomic mass is 19.2. The van der Waals surface area contributed by atoms with Gasteiger partial charge in [-0.3, -0.25) is 0 Å². The predicted molar refractivity (Wildman–Crippen MR) is 94.3 cm³/mol. The van der Waals surface area contributed by atoms with Crippen LogP contribution in [0.1, 0.15) is 70.3 Å². The van der Waals surface area contributed by atoms with Gasteiger partial charge < -0.3 is 4.74 Å². The fraction of sp³-hybridized carbons (Fsp3) is 0.714. The molecule has 1 aromatic carbocycles. The van der Waals surface area contributed by atoms with Crippen LogP contribution in [-0.2, 0) is 0 Å². The van der Waals surface area contributed by atoms with Crippen molar-refractivity contribution in [2.75, 3.05) is 6.61 Å². The fourth-order valence-electron chi connectivity index (χ4n) is 4.92. The van der Waals surface area contributed by atoms with Crippen LogP contribution in [0.5, 0.6) is 5.75 Å². The Morgan fingerprint density at radius 3 is 2.44 bits per heavy atom. The molecular formula is C21H27F5O. The van der Waals surface area contributed by atoms with Gasteiger partial charge in [-0.1, -0.05) is 25.8 Å². The first kappa shape index (κ1) is 20.4. The Balaban J connectivity index is 1.90. The SMILES string of the molecule is CCCC1CCC2(F)CC(c3ccc(OCC)c(F)c3F)C(F)C2(F)CC1. The first-order chi connectivity index (χ1) is 12.8. The number of halogens is 5. The molecule has 152 valence electrons. The molecule has 27 heavy (non-hydrogen) atoms. The van der Waals surface area contributed by atoms with Gasteiger partial charge in [0.25, 0.3) is 0 Å². The van der Waals surface area contributed by atoms with Crippen LogP contribution in [0, 0.1) is 17.6 Å². The summed E-state index contributed by atoms with van der Waals surface area (Å²) >= 11 is 0. The summed E-state index contributed by atoms with van der Waals surface area (Å²) < 4.78 is 80.0. The second-order valence-electron chi connectivity index (χ2n) is 7.99. The molecule has 1 nitrogen and oxygen atoms in total. The standard InChI is InChI=1S/C21H27F5O/c1-3-5-13-8-10-20(25)12-15(19(24)21(20,26)11-9-13)14-6-7-16(27-4-2)18(23)17(14)22/h6-7,13,15,19H,3-5,8-12H2,1-2H3. The molecule has 0 amide bonds. The Morgan fingerprint density at radius 2 is 1.78 bits per heavy atom. The van der Waals surface area contributed by atoms with E-state index in [1.54, 1.807) is 6.92 Å². The molecule has 2 aliphatic carbocycles. The van der Waals surface area contributed by atoms with E-state index in [2.05, 4.69) is 0 Å². The highest BCUT2D eigenvalue weighted by Crippen LogP contribution is 2.60. The summed E-state index contributed by atoms with van der Waals surface area (Å²) in [6, 6.07) is 2.39. The highest BCUT2D eigenvalue weighted by molar-refractivity contribution is 5.36. The first-order valence-corrected chi connectivity index (χ1v) is 9.90. The lowest BCUT2D eigenvalue weighted by Crippen LogP contribution is -2.47. The zero-order chi connectivity index (χ0) is 19.8. The maximum atomic E-state index is 15.6. The van der Waals surface area contributed by atoms with Crippen molar-refractivity contribution in [1.82, 2.24) is 0 Å². The quantitative estimate of drug-likeness (QED) is 0.515. The smallest absolute Gasteiger partial charge is 0.200 e. The van der Waals surface area contributed by atoms with Crippen molar-refractivity contribution in [2.45, 2.75) is 82.2 Å². The van der Waals surface area contributed by atoms with Crippen molar-refractivity contribution in [3.63, 3.8) is 0 Å². The monoisotopic (exact) mass is 390 g/mol. The van der Waals surface area contributed by atoms with Gasteiger partial charge >= 0.3 is 0 Å². The molecule has 0 spiro atoms. The third-order valence-electron chi connectivity index (χ3n) is 6.42. The first-order valence-electron chi connectivity index (χ1n) is 9.90. The van der Waals surface area contributed by atoms with Gasteiger partial charge in [-0.25, -0.2) is 17.6 Å². The predicted octanol–water partition coefficient (Wildman–Crippen LogP) is 6.60. The minimum Gasteiger partial charge on any atom is -0.491 e. The van der Waals surface area contributed by atoms with Crippen LogP contribution in [-0.4, -0.2) is 24.1 Å². The Bertz CT molecular complexity index is 681. The summed E-state index contributed by atoms with van der Waals surface area (Å²) in [5.41, 5.74) is -5.31. The van der Waals surface area contributed by atoms with Crippen LogP contribution >= 0.6 is 0 Å². The number of hydrogen-bond acceptors (Lipinski definition) is 1. The van der Waals surface area contributed by atoms with Crippen LogP contribution in [0.3, 0.4) is 0 Å². The largest absolute Gasteiger partial charge is 0.491 e. The van der Waals surface area contributed by atoms with Gasteiger partial charge in [0.2, 0.25) is 5.82 Å². The Morgan fingerprint density at radius 1 is 1.07 bits per heavy atom. The number of hydrogen-bond donors (Lipinski definition) is 0. The van der Waals surface area contributed by atoms with Gasteiger partial charge in [0, 0.05) is 5.92 Å². The average Bonchev–Trinajstić information content (AvgIpc) is 2.75. The topological polar surface area (TPSA) is 9.23 Å². The highest BCUT2D eigenvalue weighted by Gasteiger charge is 2.67. The van der Waals surface area contributed by atoms with Crippen LogP contribution < -0.4 is 4.74 Å². The second kappa shape index (κ2) is 7.59. The van der Waals surface area contributed by atoms with E-state index in [0.29, 0.717) is 12.8 Å². The lowest BCUT2D eigenvalue weighted by Gasteiger charge is -2.32. The molecule has 2 fully saturated rings. The van der Waals surface area contributed by atoms with Gasteiger partial charge in [0.15, 0.2) is 17.2 Å². The normalized spacial score (nSPS) is 36.3. The van der Waals surface area contributed by atoms with Crippen LogP contribution in [0.4, 0.5) is 22.0 Å². The summed E-state index contributed by atoms with van der Waals surface area (Å²) in [4.78, 5) is 0. The lowest BCUT2D eigenvalue weighted by atomic mass is 9.84. The molecule has 6 heteroatoms. The third kappa shape index (κ3) is 3.33. The molecule has 1 aromatic rings. The van der Waals surface area contributed by atoms with Crippen molar-refractivity contribution in [3.05, 3.63) is 29.3 Å². The molecule has 0 bridgehead atoms. The van der Waals surface area contributed by atoms with E-state index in [-0.39, 0.29) is 36.7 Å². The molecule has 3 rings (SSSR count). The van der Waals surface area contributed by atoms with Crippen LogP contribution in [0.15, 0.2) is 12.1 Å². The van der Waals surface area contributed by atoms with Gasteiger partial charge in [-0.05, 0) is 56.6 Å². The van der Waals surface area contributed by atoms with Crippen molar-refractivity contribution >= 4 is 0 Å². The van der Waals surface area contributed by atoms with E-state index >= 15 is 13.2 Å². The molecule has 5 unspecified atom stereocenters. The van der Waals surface area contributed by atoms with Crippen LogP contribution in [0.25, 0.3) is 0 Å². The van der Waals surface area contributed by atoms with Gasteiger partial charge in [-0.2, -0.15) is 4.39 Å². The van der Waals surface area contributed by atoms with Crippen molar-refractivity contribution < 1.29 is 26.7 Å². The summed E-state index contributed by atoms with van der Waals surface area (Å²) in [6.07, 6.45) is -0.256. The third-order valence-corrected chi connectivity index (χ3v) is 6.42. The Hall–Kier alpha value is -1.33. The molecule has 0 N–H and O–H groups in total. The lowest BCUT2D eigenvalue weighted by molar-refractivity contribution is -0.0551. The Labute approximate surface area is 157 Å². The minimum atomic E-state index is -2.65. The molecule has 0 aliphatic heterocycles. The molecule has 0 radical (unpaired) electrons. The minimum absolute atomic E-state index is 0.0772. The summed E-state index contributed by atoms with van der Waals surface area (Å²) in [5.74, 6) is -3.95. The average molecular weight is 390 g/mol. The summed E-state index contributed by atoms with van der Waals surface area (Å²) in [5, 5.41) is 0. The van der Waals surface area contributed by atoms with E-state index in [4.69, 9.17) is 4.74 Å². The van der Waals surface area contributed by atoms with E-state index in [1.807, 2.05) is 6.92 Å². The van der Waals surface area contributed by atoms with Crippen molar-refractivity contribution in [2.24, 2.45) is 5.92 Å². The Kier molecular flexibility index (Phi) is 5.74. The summed E-state index contributed by atoms with van der Waals surface area (Å²) in [6.45, 7) is 3.78. The van der Waals surface area contributed by atoms with Crippen molar-refractivity contribution in [3.8, 4) is 5.75 Å². The molecule has 2 saturated carbocycles. The zero-order valence-corrected chi connectivity index (χ0v) is 15.8. The van der Waals surface area contributed by atoms with Gasteiger partial charge in [-0.15, -0.1) is 0 Å². The molecular weight excluding hydrogens is 363 g/mol. The number of fused-ring (bicyclic) bond motifs is 1. The molecule has 5 atom stereocenters. The molecule has 0 aromatic heterocycles. The van der Waals surface area contributed by atoms with E-state index in [0.717, 1.165) is 12.8 Å². The van der Waals surface area contributed by atoms with Crippen LogP contribution in [0.2, 0.25) is 0 Å². The van der Waals surface area contributed by atoms with E-state index in [9.17, 15) is 8.78 Å². The maximum absolute atomic E-state index is 15.6. The maximum Gasteiger partial charge on any atom is 0.200 e. The fourth-order valence-corrected chi connectivity index (χ4v) is 4.92. The van der Waals surface area contributed by atoms with E-state index in [1.165, 1.54) is 12.1 Å². The zero-order valence-electron chi connectivity index (χ0n) is 15.8. The summed E-state index contributed by atoms with van der Waals surface area (Å²) in [7, 11) is 0. The second-order valence-corrected chi connectivity index (χ2v) is 7.99. The van der Waals surface area contributed by atoms with Crippen molar-refractivity contribution in [1.29, 1.82) is 0 Å². The number of alkyl halides is 3. The molecule has 2 aliphatic rings. The van der Waals surface area contributed by atoms with Gasteiger partial charge in [0.1, 0.15) is 11.8 Å². The molecule has 0 heterocycles. The van der Waals surface area contributed by atoms with E-state index < -0.39 is 41.5 Å². The molecule has 0 saturated heterocycles.